The average Bonchev–Trinajstić information content (AvgIpc) is 2.69. The first kappa shape index (κ1) is 22.5. The average molecular weight is 409 g/mol. The van der Waals surface area contributed by atoms with E-state index in [0.717, 1.165) is 43.9 Å². The highest BCUT2D eigenvalue weighted by Gasteiger charge is 2.16. The Kier molecular flexibility index (Phi) is 11.2. The Morgan fingerprint density at radius 2 is 2.33 bits per heavy atom. The molecule has 0 bridgehead atoms. The van der Waals surface area contributed by atoms with Crippen molar-refractivity contribution in [1.29, 1.82) is 0 Å². The number of hydrogen-bond donors (Lipinski definition) is 1. The summed E-state index contributed by atoms with van der Waals surface area (Å²) in [6, 6.07) is 0. The molecule has 0 aliphatic heterocycles. The number of aliphatic hydroxyl groups excluding tert-OH is 1. The number of thioether (sulfide) groups is 1. The minimum Gasteiger partial charge on any atom is -0.396 e. The first-order valence-corrected chi connectivity index (χ1v) is 11.4. The van der Waals surface area contributed by atoms with Crippen molar-refractivity contribution in [2.24, 2.45) is 11.8 Å². The van der Waals surface area contributed by atoms with Gasteiger partial charge in [0.25, 0.3) is 0 Å². The fourth-order valence-corrected chi connectivity index (χ4v) is 4.58. The molecule has 4 heteroatoms. The van der Waals surface area contributed by atoms with Crippen LogP contribution >= 0.6 is 23.4 Å². The minimum atomic E-state index is 0.237. The van der Waals surface area contributed by atoms with Gasteiger partial charge in [-0.3, -0.25) is 0 Å². The predicted octanol–water partition coefficient (Wildman–Crippen LogP) is 6.74. The van der Waals surface area contributed by atoms with Crippen molar-refractivity contribution < 1.29 is 9.84 Å². The molecule has 0 aromatic heterocycles. The highest BCUT2D eigenvalue weighted by atomic mass is 35.5. The zero-order valence-electron chi connectivity index (χ0n) is 16.4. The molecule has 0 aromatic carbocycles. The summed E-state index contributed by atoms with van der Waals surface area (Å²) >= 11 is 8.19. The molecule has 1 N–H and O–H groups in total. The molecule has 0 amide bonds. The van der Waals surface area contributed by atoms with Crippen LogP contribution in [-0.4, -0.2) is 24.9 Å². The Bertz CT molecular complexity index is 589. The van der Waals surface area contributed by atoms with Crippen molar-refractivity contribution in [3.63, 3.8) is 0 Å². The van der Waals surface area contributed by atoms with Crippen LogP contribution in [0.5, 0.6) is 0 Å². The van der Waals surface area contributed by atoms with E-state index in [9.17, 15) is 0 Å². The van der Waals surface area contributed by atoms with Gasteiger partial charge in [-0.2, -0.15) is 0 Å². The highest BCUT2D eigenvalue weighted by Crippen LogP contribution is 2.37. The second-order valence-corrected chi connectivity index (χ2v) is 8.70. The van der Waals surface area contributed by atoms with Gasteiger partial charge in [-0.15, -0.1) is 0 Å². The lowest BCUT2D eigenvalue weighted by Gasteiger charge is -2.19. The van der Waals surface area contributed by atoms with Crippen molar-refractivity contribution in [1.82, 2.24) is 0 Å². The van der Waals surface area contributed by atoms with Gasteiger partial charge in [0.2, 0.25) is 0 Å². The quantitative estimate of drug-likeness (QED) is 0.233. The molecule has 0 aromatic rings. The van der Waals surface area contributed by atoms with E-state index in [2.05, 4.69) is 49.5 Å². The van der Waals surface area contributed by atoms with E-state index in [1.807, 2.05) is 0 Å². The largest absolute Gasteiger partial charge is 0.396 e. The lowest BCUT2D eigenvalue weighted by molar-refractivity contribution is 0.112. The molecular weight excluding hydrogens is 376 g/mol. The van der Waals surface area contributed by atoms with E-state index < -0.39 is 0 Å². The summed E-state index contributed by atoms with van der Waals surface area (Å²) < 4.78 is 5.81. The Balaban J connectivity index is 1.67. The molecule has 0 fully saturated rings. The Hall–Kier alpha value is -0.740. The Morgan fingerprint density at radius 1 is 1.44 bits per heavy atom. The van der Waals surface area contributed by atoms with Crippen molar-refractivity contribution in [3.8, 4) is 0 Å². The second kappa shape index (κ2) is 13.4. The van der Waals surface area contributed by atoms with E-state index in [1.54, 1.807) is 11.8 Å². The van der Waals surface area contributed by atoms with Crippen LogP contribution in [0, 0.1) is 11.8 Å². The van der Waals surface area contributed by atoms with E-state index in [0.29, 0.717) is 11.8 Å². The van der Waals surface area contributed by atoms with Crippen molar-refractivity contribution in [3.05, 3.63) is 57.4 Å². The second-order valence-electron chi connectivity index (χ2n) is 7.11. The number of halogens is 1. The summed E-state index contributed by atoms with van der Waals surface area (Å²) in [7, 11) is 0. The van der Waals surface area contributed by atoms with E-state index in [-0.39, 0.29) is 6.61 Å². The minimum absolute atomic E-state index is 0.237. The molecule has 2 aliphatic carbocycles. The summed E-state index contributed by atoms with van der Waals surface area (Å²) in [5, 5.41) is 9.89. The standard InChI is InChI=1S/C23H33ClO2S/c1-2-21(12-6-7-16-26-18-19-9-4-3-5-10-19)27-22-14-13-20(11-8-15-25)23(24)17-22/h2,4,6,9,12,14,17,19-20,25H,3,5,7-8,10-11,13,15-16,18H2,1H3/b12-6-,21-2+. The Morgan fingerprint density at radius 3 is 3.04 bits per heavy atom. The summed E-state index contributed by atoms with van der Waals surface area (Å²) in [4.78, 5) is 2.43. The maximum absolute atomic E-state index is 8.98. The van der Waals surface area contributed by atoms with Crippen molar-refractivity contribution >= 4 is 23.4 Å². The fourth-order valence-electron chi connectivity index (χ4n) is 3.28. The van der Waals surface area contributed by atoms with E-state index in [1.165, 1.54) is 29.1 Å². The smallest absolute Gasteiger partial charge is 0.0528 e. The number of ether oxygens (including phenoxy) is 1. The van der Waals surface area contributed by atoms with Gasteiger partial charge in [-0.1, -0.05) is 59.8 Å². The SMILES string of the molecule is C/C=C(\C=C/CCOCC1C=CCCC1)SC1=CCC(CCCO)C(Cl)=C1. The molecule has 2 aliphatic rings. The predicted molar refractivity (Wildman–Crippen MR) is 119 cm³/mol. The molecule has 27 heavy (non-hydrogen) atoms. The number of allylic oxidation sites excluding steroid dienone is 6. The Labute approximate surface area is 174 Å². The van der Waals surface area contributed by atoms with Gasteiger partial charge in [0.15, 0.2) is 0 Å². The highest BCUT2D eigenvalue weighted by molar-refractivity contribution is 8.07. The third kappa shape index (κ3) is 8.87. The molecule has 2 nitrogen and oxygen atoms in total. The maximum Gasteiger partial charge on any atom is 0.0528 e. The van der Waals surface area contributed by atoms with Gasteiger partial charge in [0.05, 0.1) is 13.2 Å². The van der Waals surface area contributed by atoms with Crippen LogP contribution in [0.1, 0.15) is 51.9 Å². The van der Waals surface area contributed by atoms with Crippen molar-refractivity contribution in [2.45, 2.75) is 51.9 Å². The van der Waals surface area contributed by atoms with Crippen LogP contribution in [0.3, 0.4) is 0 Å². The molecular formula is C23H33ClO2S. The molecule has 150 valence electrons. The van der Waals surface area contributed by atoms with E-state index >= 15 is 0 Å². The summed E-state index contributed by atoms with van der Waals surface area (Å²) in [5.74, 6) is 0.976. The van der Waals surface area contributed by atoms with Crippen LogP contribution in [0.2, 0.25) is 0 Å². The monoisotopic (exact) mass is 408 g/mol. The molecule has 2 unspecified atom stereocenters. The molecule has 2 rings (SSSR count). The summed E-state index contributed by atoms with van der Waals surface area (Å²) in [6.07, 6.45) is 22.9. The van der Waals surface area contributed by atoms with Gasteiger partial charge in [0, 0.05) is 27.4 Å². The lowest BCUT2D eigenvalue weighted by atomic mass is 9.95. The van der Waals surface area contributed by atoms with Crippen molar-refractivity contribution in [2.75, 3.05) is 19.8 Å². The third-order valence-corrected chi connectivity index (χ3v) is 6.45. The van der Waals surface area contributed by atoms with Gasteiger partial charge in [-0.25, -0.2) is 0 Å². The number of hydrogen-bond acceptors (Lipinski definition) is 3. The first-order valence-electron chi connectivity index (χ1n) is 10.2. The molecule has 0 saturated heterocycles. The lowest BCUT2D eigenvalue weighted by Crippen LogP contribution is -2.09. The molecule has 0 spiro atoms. The summed E-state index contributed by atoms with van der Waals surface area (Å²) in [6.45, 7) is 3.94. The van der Waals surface area contributed by atoms with Crippen LogP contribution in [-0.2, 0) is 4.74 Å². The number of rotatable bonds is 11. The fraction of sp³-hybridized carbons (Fsp3) is 0.565. The molecule has 0 saturated carbocycles. The molecule has 2 atom stereocenters. The van der Waals surface area contributed by atoms with Crippen LogP contribution in [0.4, 0.5) is 0 Å². The van der Waals surface area contributed by atoms with Gasteiger partial charge in [-0.05, 0) is 63.9 Å². The summed E-state index contributed by atoms with van der Waals surface area (Å²) in [5.41, 5.74) is 0. The molecule has 0 radical (unpaired) electrons. The van der Waals surface area contributed by atoms with Crippen LogP contribution in [0.15, 0.2) is 57.4 Å². The number of aliphatic hydroxyl groups is 1. The van der Waals surface area contributed by atoms with E-state index in [4.69, 9.17) is 21.4 Å². The third-order valence-electron chi connectivity index (χ3n) is 4.90. The van der Waals surface area contributed by atoms with Crippen LogP contribution < -0.4 is 0 Å². The van der Waals surface area contributed by atoms with Gasteiger partial charge >= 0.3 is 0 Å². The zero-order valence-corrected chi connectivity index (χ0v) is 18.0. The van der Waals surface area contributed by atoms with Crippen LogP contribution in [0.25, 0.3) is 0 Å². The molecule has 0 heterocycles. The topological polar surface area (TPSA) is 29.5 Å². The van der Waals surface area contributed by atoms with Gasteiger partial charge < -0.3 is 9.84 Å². The zero-order chi connectivity index (χ0) is 19.3. The maximum atomic E-state index is 8.98. The first-order chi connectivity index (χ1) is 13.2. The normalized spacial score (nSPS) is 23.6. The van der Waals surface area contributed by atoms with Gasteiger partial charge in [0.1, 0.15) is 0 Å².